The number of phenolic OH excluding ortho intramolecular Hbond substituents is 1. The summed E-state index contributed by atoms with van der Waals surface area (Å²) in [5.41, 5.74) is 3.34. The molecule has 10 heteroatoms. The van der Waals surface area contributed by atoms with Crippen LogP contribution in [0, 0.1) is 11.8 Å². The molecule has 6 N–H and O–H groups in total. The van der Waals surface area contributed by atoms with Crippen molar-refractivity contribution in [1.82, 2.24) is 4.90 Å². The zero-order chi connectivity index (χ0) is 25.4. The molecule has 186 valence electrons. The summed E-state index contributed by atoms with van der Waals surface area (Å²) < 4.78 is 5.52. The SMILES string of the molecule is CN(C)[C@@H]1C(O)=C(C(N)=O)C(=O)[C@@]2(O)C(O)=C3C(=O)c4c(O)ccc(C5CCOC5)c4C[C@H]3C[C@@H]12. The molecule has 0 radical (unpaired) electrons. The average molecular weight is 485 g/mol. The lowest BCUT2D eigenvalue weighted by atomic mass is 9.58. The fourth-order valence-corrected chi connectivity index (χ4v) is 6.44. The molecule has 10 nitrogen and oxygen atoms in total. The van der Waals surface area contributed by atoms with Gasteiger partial charge < -0.3 is 30.9 Å². The average Bonchev–Trinajstić information content (AvgIpc) is 3.30. The van der Waals surface area contributed by atoms with E-state index < -0.39 is 58.0 Å². The Bertz CT molecular complexity index is 1230. The van der Waals surface area contributed by atoms with E-state index in [4.69, 9.17) is 10.5 Å². The molecular weight excluding hydrogens is 456 g/mol. The van der Waals surface area contributed by atoms with Crippen molar-refractivity contribution >= 4 is 17.5 Å². The number of amides is 1. The van der Waals surface area contributed by atoms with Gasteiger partial charge in [0.05, 0.1) is 18.2 Å². The maximum atomic E-state index is 13.7. The van der Waals surface area contributed by atoms with E-state index in [1.165, 1.54) is 11.0 Å². The fraction of sp³-hybridized carbons (Fsp3) is 0.480. The van der Waals surface area contributed by atoms with Crippen LogP contribution in [0.1, 0.15) is 40.2 Å². The summed E-state index contributed by atoms with van der Waals surface area (Å²) in [5, 5.41) is 44.3. The molecule has 1 fully saturated rings. The van der Waals surface area contributed by atoms with Crippen molar-refractivity contribution in [2.24, 2.45) is 17.6 Å². The number of hydrogen-bond donors (Lipinski definition) is 5. The Kier molecular flexibility index (Phi) is 5.31. The summed E-state index contributed by atoms with van der Waals surface area (Å²) in [6.07, 6.45) is 1.13. The molecule has 0 spiro atoms. The zero-order valence-corrected chi connectivity index (χ0v) is 19.4. The summed E-state index contributed by atoms with van der Waals surface area (Å²) in [7, 11) is 3.20. The molecule has 35 heavy (non-hydrogen) atoms. The predicted molar refractivity (Wildman–Crippen MR) is 122 cm³/mol. The van der Waals surface area contributed by atoms with Gasteiger partial charge in [-0.3, -0.25) is 19.3 Å². The summed E-state index contributed by atoms with van der Waals surface area (Å²) in [6.45, 7) is 1.09. The van der Waals surface area contributed by atoms with Gasteiger partial charge in [-0.1, -0.05) is 6.07 Å². The Morgan fingerprint density at radius 3 is 2.49 bits per heavy atom. The fourth-order valence-electron chi connectivity index (χ4n) is 6.44. The summed E-state index contributed by atoms with van der Waals surface area (Å²) in [4.78, 5) is 40.5. The number of Topliss-reactive ketones (excluding diaryl/α,β-unsaturated/α-hetero) is 2. The van der Waals surface area contributed by atoms with Crippen molar-refractivity contribution in [3.8, 4) is 5.75 Å². The molecule has 5 atom stereocenters. The third-order valence-electron chi connectivity index (χ3n) is 8.01. The van der Waals surface area contributed by atoms with E-state index in [9.17, 15) is 34.8 Å². The van der Waals surface area contributed by atoms with Gasteiger partial charge in [0, 0.05) is 24.0 Å². The molecule has 5 rings (SSSR count). The molecule has 4 aliphatic rings. The lowest BCUT2D eigenvalue weighted by molar-refractivity contribution is -0.148. The largest absolute Gasteiger partial charge is 0.510 e. The number of phenols is 1. The number of hydrogen-bond acceptors (Lipinski definition) is 9. The number of ether oxygens (including phenoxy) is 1. The quantitative estimate of drug-likeness (QED) is 0.386. The van der Waals surface area contributed by atoms with E-state index in [0.717, 1.165) is 12.0 Å². The Morgan fingerprint density at radius 2 is 1.89 bits per heavy atom. The number of primary amides is 1. The molecule has 0 aromatic heterocycles. The molecule has 1 aromatic carbocycles. The van der Waals surface area contributed by atoms with Crippen molar-refractivity contribution < 1.29 is 39.5 Å². The first-order valence-electron chi connectivity index (χ1n) is 11.6. The first-order valence-corrected chi connectivity index (χ1v) is 11.6. The lowest BCUT2D eigenvalue weighted by Crippen LogP contribution is -2.63. The second-order valence-corrected chi connectivity index (χ2v) is 10.1. The zero-order valence-electron chi connectivity index (χ0n) is 19.4. The predicted octanol–water partition coefficient (Wildman–Crippen LogP) is 0.625. The number of rotatable bonds is 3. The third kappa shape index (κ3) is 3.10. The van der Waals surface area contributed by atoms with Crippen molar-refractivity contribution in [2.75, 3.05) is 27.3 Å². The molecule has 0 saturated carbocycles. The number of aliphatic hydroxyl groups is 3. The van der Waals surface area contributed by atoms with Crippen LogP contribution in [0.25, 0.3) is 0 Å². The van der Waals surface area contributed by atoms with Crippen LogP contribution in [-0.2, 0) is 20.7 Å². The van der Waals surface area contributed by atoms with E-state index in [1.807, 2.05) is 0 Å². The Hall–Kier alpha value is -3.21. The standard InChI is InChI=1S/C25H28N2O8/c1-27(2)19-14-8-11-7-13-12(10-5-6-35-9-10)3-4-15(28)17(13)20(29)16(11)22(31)25(14,34)23(32)18(21(19)30)24(26)33/h3-4,10-11,14,19,28,30-31,34H,5-9H2,1-2H3,(H2,26,33)/t10?,11-,14-,19-,25-/m0/s1. The molecule has 1 unspecified atom stereocenters. The second kappa shape index (κ2) is 7.91. The molecule has 1 heterocycles. The maximum Gasteiger partial charge on any atom is 0.255 e. The Labute approximate surface area is 201 Å². The minimum Gasteiger partial charge on any atom is -0.510 e. The highest BCUT2D eigenvalue weighted by atomic mass is 16.5. The third-order valence-corrected chi connectivity index (χ3v) is 8.01. The highest BCUT2D eigenvalue weighted by Gasteiger charge is 2.63. The summed E-state index contributed by atoms with van der Waals surface area (Å²) >= 11 is 0. The van der Waals surface area contributed by atoms with Crippen LogP contribution in [0.3, 0.4) is 0 Å². The number of fused-ring (bicyclic) bond motifs is 3. The molecule has 3 aliphatic carbocycles. The lowest BCUT2D eigenvalue weighted by Gasteiger charge is -2.50. The minimum absolute atomic E-state index is 0.0372. The van der Waals surface area contributed by atoms with E-state index >= 15 is 0 Å². The van der Waals surface area contributed by atoms with Crippen LogP contribution in [0.15, 0.2) is 34.8 Å². The van der Waals surface area contributed by atoms with Gasteiger partial charge >= 0.3 is 0 Å². The number of nitrogens with zero attached hydrogens (tertiary/aromatic N) is 1. The van der Waals surface area contributed by atoms with E-state index in [2.05, 4.69) is 0 Å². The number of nitrogens with two attached hydrogens (primary N) is 1. The molecule has 1 saturated heterocycles. The second-order valence-electron chi connectivity index (χ2n) is 10.1. The van der Waals surface area contributed by atoms with Crippen molar-refractivity contribution in [3.05, 3.63) is 51.5 Å². The van der Waals surface area contributed by atoms with Crippen molar-refractivity contribution in [3.63, 3.8) is 0 Å². The van der Waals surface area contributed by atoms with Gasteiger partial charge in [0.25, 0.3) is 5.91 Å². The monoisotopic (exact) mass is 484 g/mol. The van der Waals surface area contributed by atoms with Gasteiger partial charge in [-0.25, -0.2) is 0 Å². The minimum atomic E-state index is -2.63. The van der Waals surface area contributed by atoms with E-state index in [0.29, 0.717) is 18.8 Å². The van der Waals surface area contributed by atoms with Gasteiger partial charge in [-0.15, -0.1) is 0 Å². The first kappa shape index (κ1) is 23.5. The number of carbonyl (C=O) groups excluding carboxylic acids is 3. The number of aliphatic hydroxyl groups excluding tert-OH is 2. The first-order chi connectivity index (χ1) is 16.5. The van der Waals surface area contributed by atoms with Crippen LogP contribution < -0.4 is 5.73 Å². The highest BCUT2D eigenvalue weighted by molar-refractivity contribution is 6.24. The Balaban J connectivity index is 1.70. The van der Waals surface area contributed by atoms with Gasteiger partial charge in [-0.05, 0) is 56.5 Å². The van der Waals surface area contributed by atoms with Crippen molar-refractivity contribution in [2.45, 2.75) is 36.8 Å². The molecular formula is C25H28N2O8. The maximum absolute atomic E-state index is 13.7. The number of benzene rings is 1. The Morgan fingerprint density at radius 1 is 1.17 bits per heavy atom. The van der Waals surface area contributed by atoms with Gasteiger partial charge in [0.2, 0.25) is 5.78 Å². The van der Waals surface area contributed by atoms with Crippen LogP contribution in [0.2, 0.25) is 0 Å². The van der Waals surface area contributed by atoms with Gasteiger partial charge in [-0.2, -0.15) is 0 Å². The number of carbonyl (C=O) groups is 3. The van der Waals surface area contributed by atoms with Gasteiger partial charge in [0.1, 0.15) is 22.8 Å². The molecule has 1 aromatic rings. The number of ketones is 2. The summed E-state index contributed by atoms with van der Waals surface area (Å²) in [5.74, 6) is -6.40. The normalized spacial score (nSPS) is 32.6. The van der Waals surface area contributed by atoms with E-state index in [-0.39, 0.29) is 35.6 Å². The van der Waals surface area contributed by atoms with Crippen LogP contribution in [-0.4, -0.2) is 81.8 Å². The molecule has 1 amide bonds. The van der Waals surface area contributed by atoms with Crippen LogP contribution >= 0.6 is 0 Å². The van der Waals surface area contributed by atoms with Crippen molar-refractivity contribution in [1.29, 1.82) is 0 Å². The number of allylic oxidation sites excluding steroid dienone is 1. The van der Waals surface area contributed by atoms with Crippen LogP contribution in [0.5, 0.6) is 5.75 Å². The van der Waals surface area contributed by atoms with Crippen LogP contribution in [0.4, 0.5) is 0 Å². The summed E-state index contributed by atoms with van der Waals surface area (Å²) in [6, 6.07) is 2.21. The van der Waals surface area contributed by atoms with Gasteiger partial charge in [0.15, 0.2) is 11.4 Å². The number of aromatic hydroxyl groups is 1. The smallest absolute Gasteiger partial charge is 0.255 e. The van der Waals surface area contributed by atoms with E-state index in [1.54, 1.807) is 20.2 Å². The highest BCUT2D eigenvalue weighted by Crippen LogP contribution is 2.53. The molecule has 0 bridgehead atoms. The molecule has 1 aliphatic heterocycles. The topological polar surface area (TPSA) is 171 Å². The number of likely N-dealkylation sites (N-methyl/N-ethyl adjacent to an activating group) is 1.